The predicted octanol–water partition coefficient (Wildman–Crippen LogP) is 3.16. The molecule has 0 aliphatic carbocycles. The van der Waals surface area contributed by atoms with Crippen LogP contribution in [0.3, 0.4) is 0 Å². The Morgan fingerprint density at radius 3 is 2.52 bits per heavy atom. The van der Waals surface area contributed by atoms with Crippen LogP contribution in [0.25, 0.3) is 0 Å². The quantitative estimate of drug-likeness (QED) is 0.909. The van der Waals surface area contributed by atoms with E-state index in [0.717, 1.165) is 11.1 Å². The largest absolute Gasteiger partial charge is 0.508 e. The lowest BCUT2D eigenvalue weighted by molar-refractivity contribution is -0.132. The van der Waals surface area contributed by atoms with Crippen molar-refractivity contribution in [1.29, 1.82) is 0 Å². The van der Waals surface area contributed by atoms with E-state index in [1.54, 1.807) is 24.3 Å². The van der Waals surface area contributed by atoms with Crippen LogP contribution in [0.5, 0.6) is 5.75 Å². The molecule has 1 N–H and O–H groups in total. The van der Waals surface area contributed by atoms with Gasteiger partial charge in [-0.1, -0.05) is 49.4 Å². The maximum absolute atomic E-state index is 12.8. The van der Waals surface area contributed by atoms with Gasteiger partial charge in [0.25, 0.3) is 0 Å². The van der Waals surface area contributed by atoms with Crippen molar-refractivity contribution in [1.82, 2.24) is 4.90 Å². The molecule has 1 saturated heterocycles. The van der Waals surface area contributed by atoms with Gasteiger partial charge in [0.2, 0.25) is 5.91 Å². The molecule has 1 aliphatic heterocycles. The highest BCUT2D eigenvalue weighted by atomic mass is 16.6. The Labute approximate surface area is 146 Å². The van der Waals surface area contributed by atoms with E-state index in [0.29, 0.717) is 12.8 Å². The average molecular weight is 339 g/mol. The highest BCUT2D eigenvalue weighted by Crippen LogP contribution is 2.22. The van der Waals surface area contributed by atoms with E-state index in [4.69, 9.17) is 4.74 Å². The van der Waals surface area contributed by atoms with Gasteiger partial charge in [0.1, 0.15) is 12.4 Å². The van der Waals surface area contributed by atoms with Gasteiger partial charge in [-0.05, 0) is 36.1 Å². The van der Waals surface area contributed by atoms with E-state index < -0.39 is 6.09 Å². The summed E-state index contributed by atoms with van der Waals surface area (Å²) in [5.41, 5.74) is 2.00. The summed E-state index contributed by atoms with van der Waals surface area (Å²) >= 11 is 0. The van der Waals surface area contributed by atoms with Gasteiger partial charge < -0.3 is 9.84 Å². The summed E-state index contributed by atoms with van der Waals surface area (Å²) in [7, 11) is 0. The number of rotatable bonds is 5. The number of hydrogen-bond acceptors (Lipinski definition) is 4. The first-order valence-corrected chi connectivity index (χ1v) is 8.36. The highest BCUT2D eigenvalue weighted by molar-refractivity contribution is 5.94. The Balaban J connectivity index is 1.70. The van der Waals surface area contributed by atoms with Gasteiger partial charge in [-0.15, -0.1) is 0 Å². The lowest BCUT2D eigenvalue weighted by Gasteiger charge is -2.23. The summed E-state index contributed by atoms with van der Waals surface area (Å²) in [4.78, 5) is 26.1. The van der Waals surface area contributed by atoms with Crippen LogP contribution in [-0.2, 0) is 22.4 Å². The van der Waals surface area contributed by atoms with Gasteiger partial charge in [-0.3, -0.25) is 4.79 Å². The molecule has 2 amide bonds. The molecule has 5 heteroatoms. The molecule has 0 saturated carbocycles. The molecular formula is C20H21NO4. The Kier molecular flexibility index (Phi) is 5.03. The zero-order valence-corrected chi connectivity index (χ0v) is 14.1. The minimum Gasteiger partial charge on any atom is -0.508 e. The summed E-state index contributed by atoms with van der Waals surface area (Å²) in [5, 5.41) is 9.37. The number of phenolic OH excluding ortho intramolecular Hbond substituents is 1. The zero-order valence-electron chi connectivity index (χ0n) is 14.1. The maximum Gasteiger partial charge on any atom is 0.416 e. The van der Waals surface area contributed by atoms with Crippen molar-refractivity contribution in [3.8, 4) is 5.75 Å². The number of amides is 2. The predicted molar refractivity (Wildman–Crippen MR) is 93.1 cm³/mol. The number of carbonyl (C=O) groups is 2. The molecule has 5 nitrogen and oxygen atoms in total. The Morgan fingerprint density at radius 1 is 1.16 bits per heavy atom. The van der Waals surface area contributed by atoms with E-state index in [-0.39, 0.29) is 30.2 Å². The fourth-order valence-electron chi connectivity index (χ4n) is 3.08. The highest BCUT2D eigenvalue weighted by Gasteiger charge is 2.39. The van der Waals surface area contributed by atoms with E-state index in [9.17, 15) is 14.7 Å². The second kappa shape index (κ2) is 7.38. The first-order chi connectivity index (χ1) is 12.0. The van der Waals surface area contributed by atoms with Gasteiger partial charge in [0, 0.05) is 5.92 Å². The fourth-order valence-corrected chi connectivity index (χ4v) is 3.08. The van der Waals surface area contributed by atoms with Crippen molar-refractivity contribution in [2.45, 2.75) is 25.8 Å². The maximum atomic E-state index is 12.8. The summed E-state index contributed by atoms with van der Waals surface area (Å²) < 4.78 is 5.11. The first kappa shape index (κ1) is 17.0. The second-order valence-corrected chi connectivity index (χ2v) is 6.40. The van der Waals surface area contributed by atoms with Gasteiger partial charge >= 0.3 is 6.09 Å². The van der Waals surface area contributed by atoms with Crippen molar-refractivity contribution < 1.29 is 19.4 Å². The molecule has 1 fully saturated rings. The van der Waals surface area contributed by atoms with Crippen LogP contribution < -0.4 is 0 Å². The Morgan fingerprint density at radius 2 is 1.84 bits per heavy atom. The Bertz CT molecular complexity index is 742. The van der Waals surface area contributed by atoms with E-state index in [1.165, 1.54) is 4.90 Å². The molecule has 0 unspecified atom stereocenters. The normalized spacial score (nSPS) is 18.0. The molecule has 0 aromatic heterocycles. The molecule has 2 atom stereocenters. The van der Waals surface area contributed by atoms with Gasteiger partial charge in [0.05, 0.1) is 6.04 Å². The molecule has 0 bridgehead atoms. The van der Waals surface area contributed by atoms with Crippen molar-refractivity contribution in [3.63, 3.8) is 0 Å². The number of cyclic esters (lactones) is 1. The molecular weight excluding hydrogens is 318 g/mol. The number of phenols is 1. The third-order valence-electron chi connectivity index (χ3n) is 4.41. The minimum atomic E-state index is -0.575. The monoisotopic (exact) mass is 339 g/mol. The van der Waals surface area contributed by atoms with E-state index in [2.05, 4.69) is 0 Å². The fraction of sp³-hybridized carbons (Fsp3) is 0.300. The third-order valence-corrected chi connectivity index (χ3v) is 4.41. The standard InChI is InChI=1S/C20H21NO4/c1-14(11-15-5-3-2-4-6-15)19(23)21-17(13-25-20(21)24)12-16-7-9-18(22)10-8-16/h2-10,14,17,22H,11-13H2,1H3/t14-,17+/m1/s1. The molecule has 1 heterocycles. The number of hydrogen-bond donors (Lipinski definition) is 1. The zero-order chi connectivity index (χ0) is 17.8. The molecule has 3 rings (SSSR count). The first-order valence-electron chi connectivity index (χ1n) is 8.36. The number of carbonyl (C=O) groups excluding carboxylic acids is 2. The van der Waals surface area contributed by atoms with Crippen LogP contribution in [0.2, 0.25) is 0 Å². The van der Waals surface area contributed by atoms with Crippen molar-refractivity contribution in [2.75, 3.05) is 6.61 Å². The second-order valence-electron chi connectivity index (χ2n) is 6.40. The lowest BCUT2D eigenvalue weighted by atomic mass is 9.98. The van der Waals surface area contributed by atoms with Crippen LogP contribution in [0, 0.1) is 5.92 Å². The SMILES string of the molecule is C[C@H](Cc1ccccc1)C(=O)N1C(=O)OC[C@@H]1Cc1ccc(O)cc1. The number of benzene rings is 2. The molecule has 2 aromatic carbocycles. The molecule has 130 valence electrons. The summed E-state index contributed by atoms with van der Waals surface area (Å²) in [6.45, 7) is 2.03. The molecule has 1 aliphatic rings. The number of ether oxygens (including phenoxy) is 1. The van der Waals surface area contributed by atoms with E-state index in [1.807, 2.05) is 37.3 Å². The smallest absolute Gasteiger partial charge is 0.416 e. The summed E-state index contributed by atoms with van der Waals surface area (Å²) in [6, 6.07) is 16.2. The van der Waals surface area contributed by atoms with Crippen molar-refractivity contribution in [3.05, 3.63) is 65.7 Å². The van der Waals surface area contributed by atoms with Gasteiger partial charge in [-0.2, -0.15) is 0 Å². The van der Waals surface area contributed by atoms with Crippen LogP contribution in [-0.4, -0.2) is 34.7 Å². The van der Waals surface area contributed by atoms with Crippen LogP contribution in [0.1, 0.15) is 18.1 Å². The lowest BCUT2D eigenvalue weighted by Crippen LogP contribution is -2.43. The topological polar surface area (TPSA) is 66.8 Å². The van der Waals surface area contributed by atoms with Crippen LogP contribution in [0.15, 0.2) is 54.6 Å². The third kappa shape index (κ3) is 3.99. The van der Waals surface area contributed by atoms with E-state index >= 15 is 0 Å². The molecule has 0 radical (unpaired) electrons. The van der Waals surface area contributed by atoms with Gasteiger partial charge in [-0.25, -0.2) is 9.69 Å². The summed E-state index contributed by atoms with van der Waals surface area (Å²) in [5.74, 6) is -0.336. The number of aromatic hydroxyl groups is 1. The molecule has 25 heavy (non-hydrogen) atoms. The van der Waals surface area contributed by atoms with Crippen molar-refractivity contribution >= 4 is 12.0 Å². The Hall–Kier alpha value is -2.82. The van der Waals surface area contributed by atoms with Gasteiger partial charge in [0.15, 0.2) is 0 Å². The van der Waals surface area contributed by atoms with Crippen molar-refractivity contribution in [2.24, 2.45) is 5.92 Å². The molecule has 2 aromatic rings. The number of imide groups is 1. The van der Waals surface area contributed by atoms with Crippen LogP contribution in [0.4, 0.5) is 4.79 Å². The van der Waals surface area contributed by atoms with Crippen LogP contribution >= 0.6 is 0 Å². The molecule has 0 spiro atoms. The average Bonchev–Trinajstić information content (AvgIpc) is 2.97. The minimum absolute atomic E-state index is 0.187. The number of nitrogens with zero attached hydrogens (tertiary/aromatic N) is 1. The summed E-state index contributed by atoms with van der Waals surface area (Å²) in [6.07, 6.45) is 0.513.